The van der Waals surface area contributed by atoms with Gasteiger partial charge in [-0.3, -0.25) is 9.78 Å². The summed E-state index contributed by atoms with van der Waals surface area (Å²) in [6.45, 7) is 5.99. The summed E-state index contributed by atoms with van der Waals surface area (Å²) in [6, 6.07) is 5.94. The Kier molecular flexibility index (Phi) is 5.85. The van der Waals surface area contributed by atoms with Crippen LogP contribution in [0.2, 0.25) is 0 Å². The molecule has 0 aliphatic carbocycles. The summed E-state index contributed by atoms with van der Waals surface area (Å²) in [4.78, 5) is 32.8. The van der Waals surface area contributed by atoms with Gasteiger partial charge in [0.1, 0.15) is 17.3 Å². The van der Waals surface area contributed by atoms with Crippen molar-refractivity contribution in [1.82, 2.24) is 24.8 Å². The van der Waals surface area contributed by atoms with Gasteiger partial charge in [-0.05, 0) is 59.0 Å². The molecule has 0 aromatic carbocycles. The van der Waals surface area contributed by atoms with Crippen LogP contribution in [-0.2, 0) is 4.79 Å². The molecule has 2 N–H and O–H groups in total. The number of fused-ring (bicyclic) bond motifs is 1. The van der Waals surface area contributed by atoms with Crippen LogP contribution in [0.25, 0.3) is 22.3 Å². The molecule has 3 aromatic heterocycles. The quantitative estimate of drug-likeness (QED) is 0.673. The smallest absolute Gasteiger partial charge is 0.228 e. The average molecular weight is 406 g/mol. The van der Waals surface area contributed by atoms with Crippen LogP contribution in [0.5, 0.6) is 0 Å². The molecule has 1 saturated heterocycles. The van der Waals surface area contributed by atoms with Gasteiger partial charge in [-0.2, -0.15) is 0 Å². The maximum absolute atomic E-state index is 12.6. The lowest BCUT2D eigenvalue weighted by Crippen LogP contribution is -2.36. The number of carbonyl (C=O) groups is 1. The molecular weight excluding hydrogens is 378 g/mol. The molecule has 156 valence electrons. The SMILES string of the molecule is CC(C)Nc1cncc(-c2ccc3cnc(NC(=O)C4CCN(C)CC4)cc3n2)n1. The Labute approximate surface area is 176 Å². The zero-order valence-corrected chi connectivity index (χ0v) is 17.6. The first-order chi connectivity index (χ1) is 14.5. The number of hydrogen-bond acceptors (Lipinski definition) is 7. The van der Waals surface area contributed by atoms with Gasteiger partial charge in [0.25, 0.3) is 0 Å². The fraction of sp³-hybridized carbons (Fsp3) is 0.409. The monoisotopic (exact) mass is 405 g/mol. The zero-order valence-electron chi connectivity index (χ0n) is 17.6. The molecule has 1 amide bonds. The molecular formula is C22H27N7O. The van der Waals surface area contributed by atoms with Crippen LogP contribution >= 0.6 is 0 Å². The van der Waals surface area contributed by atoms with Crippen LogP contribution in [0.1, 0.15) is 26.7 Å². The van der Waals surface area contributed by atoms with Crippen LogP contribution in [0, 0.1) is 5.92 Å². The molecule has 8 heteroatoms. The molecule has 8 nitrogen and oxygen atoms in total. The van der Waals surface area contributed by atoms with Crippen molar-refractivity contribution < 1.29 is 4.79 Å². The van der Waals surface area contributed by atoms with E-state index in [-0.39, 0.29) is 17.9 Å². The van der Waals surface area contributed by atoms with Gasteiger partial charge in [-0.1, -0.05) is 0 Å². The number of hydrogen-bond donors (Lipinski definition) is 2. The van der Waals surface area contributed by atoms with Crippen LogP contribution in [-0.4, -0.2) is 56.9 Å². The third kappa shape index (κ3) is 4.71. The standard InChI is InChI=1S/C22H27N7O/c1-14(2)25-21-13-23-12-19(27-21)17-5-4-16-11-24-20(10-18(16)26-17)28-22(30)15-6-8-29(3)9-7-15/h4-5,10-15H,6-9H2,1-3H3,(H,25,27)(H,24,28,30). The minimum Gasteiger partial charge on any atom is -0.367 e. The van der Waals surface area contributed by atoms with Gasteiger partial charge in [0.05, 0.1) is 23.6 Å². The van der Waals surface area contributed by atoms with Crippen LogP contribution in [0.3, 0.4) is 0 Å². The topological polar surface area (TPSA) is 95.9 Å². The number of nitrogens with one attached hydrogen (secondary N) is 2. The Morgan fingerprint density at radius 2 is 1.87 bits per heavy atom. The number of pyridine rings is 2. The van der Waals surface area contributed by atoms with E-state index >= 15 is 0 Å². The Morgan fingerprint density at radius 1 is 1.07 bits per heavy atom. The maximum Gasteiger partial charge on any atom is 0.228 e. The molecule has 1 fully saturated rings. The van der Waals surface area contributed by atoms with Crippen molar-refractivity contribution in [3.05, 3.63) is 36.8 Å². The van der Waals surface area contributed by atoms with Crippen molar-refractivity contribution in [3.8, 4) is 11.4 Å². The molecule has 30 heavy (non-hydrogen) atoms. The van der Waals surface area contributed by atoms with Gasteiger partial charge in [-0.15, -0.1) is 0 Å². The van der Waals surface area contributed by atoms with E-state index in [1.807, 2.05) is 18.2 Å². The van der Waals surface area contributed by atoms with E-state index < -0.39 is 0 Å². The van der Waals surface area contributed by atoms with E-state index in [2.05, 4.69) is 51.4 Å². The summed E-state index contributed by atoms with van der Waals surface area (Å²) in [5, 5.41) is 7.12. The van der Waals surface area contributed by atoms with E-state index in [1.165, 1.54) is 0 Å². The van der Waals surface area contributed by atoms with Crippen LogP contribution < -0.4 is 10.6 Å². The second kappa shape index (κ2) is 8.71. The normalized spacial score (nSPS) is 15.5. The van der Waals surface area contributed by atoms with Gasteiger partial charge >= 0.3 is 0 Å². The first-order valence-corrected chi connectivity index (χ1v) is 10.3. The van der Waals surface area contributed by atoms with E-state index in [0.29, 0.717) is 17.3 Å². The van der Waals surface area contributed by atoms with Crippen molar-refractivity contribution in [3.63, 3.8) is 0 Å². The van der Waals surface area contributed by atoms with Gasteiger partial charge in [-0.25, -0.2) is 15.0 Å². The van der Waals surface area contributed by atoms with E-state index in [4.69, 9.17) is 4.98 Å². The van der Waals surface area contributed by atoms with E-state index in [1.54, 1.807) is 18.6 Å². The Bertz CT molecular complexity index is 1040. The summed E-state index contributed by atoms with van der Waals surface area (Å²) >= 11 is 0. The molecule has 0 spiro atoms. The largest absolute Gasteiger partial charge is 0.367 e. The van der Waals surface area contributed by atoms with Gasteiger partial charge in [0.2, 0.25) is 5.91 Å². The molecule has 0 bridgehead atoms. The first-order valence-electron chi connectivity index (χ1n) is 10.3. The molecule has 0 radical (unpaired) electrons. The van der Waals surface area contributed by atoms with Crippen molar-refractivity contribution in [2.24, 2.45) is 5.92 Å². The summed E-state index contributed by atoms with van der Waals surface area (Å²) < 4.78 is 0. The highest BCUT2D eigenvalue weighted by Crippen LogP contribution is 2.23. The Morgan fingerprint density at radius 3 is 2.63 bits per heavy atom. The maximum atomic E-state index is 12.6. The van der Waals surface area contributed by atoms with Gasteiger partial charge < -0.3 is 15.5 Å². The lowest BCUT2D eigenvalue weighted by atomic mass is 9.96. The van der Waals surface area contributed by atoms with E-state index in [9.17, 15) is 4.79 Å². The fourth-order valence-electron chi connectivity index (χ4n) is 3.58. The number of anilines is 2. The lowest BCUT2D eigenvalue weighted by Gasteiger charge is -2.27. The summed E-state index contributed by atoms with van der Waals surface area (Å²) in [5.41, 5.74) is 2.17. The highest BCUT2D eigenvalue weighted by atomic mass is 16.1. The minimum atomic E-state index is 0.0319. The van der Waals surface area contributed by atoms with Gasteiger partial charge in [0, 0.05) is 29.6 Å². The fourth-order valence-corrected chi connectivity index (χ4v) is 3.58. The predicted molar refractivity (Wildman–Crippen MR) is 118 cm³/mol. The second-order valence-corrected chi connectivity index (χ2v) is 8.11. The number of nitrogens with zero attached hydrogens (tertiary/aromatic N) is 5. The highest BCUT2D eigenvalue weighted by molar-refractivity contribution is 5.93. The lowest BCUT2D eigenvalue weighted by molar-refractivity contribution is -0.121. The summed E-state index contributed by atoms with van der Waals surface area (Å²) in [6.07, 6.45) is 6.88. The Hall–Kier alpha value is -3.13. The number of piperidine rings is 1. The van der Waals surface area contributed by atoms with Crippen molar-refractivity contribution >= 4 is 28.4 Å². The molecule has 1 aliphatic rings. The molecule has 1 aliphatic heterocycles. The van der Waals surface area contributed by atoms with Crippen molar-refractivity contribution in [2.45, 2.75) is 32.7 Å². The molecule has 0 atom stereocenters. The van der Waals surface area contributed by atoms with Crippen LogP contribution in [0.15, 0.2) is 36.8 Å². The molecule has 4 heterocycles. The summed E-state index contributed by atoms with van der Waals surface area (Å²) in [7, 11) is 2.08. The number of aromatic nitrogens is 4. The number of likely N-dealkylation sites (tertiary alicyclic amines) is 1. The third-order valence-corrected chi connectivity index (χ3v) is 5.25. The number of amides is 1. The highest BCUT2D eigenvalue weighted by Gasteiger charge is 2.23. The van der Waals surface area contributed by atoms with Crippen molar-refractivity contribution in [1.29, 1.82) is 0 Å². The minimum absolute atomic E-state index is 0.0319. The first kappa shape index (κ1) is 20.2. The average Bonchev–Trinajstić information content (AvgIpc) is 2.73. The third-order valence-electron chi connectivity index (χ3n) is 5.25. The van der Waals surface area contributed by atoms with Gasteiger partial charge in [0.15, 0.2) is 0 Å². The molecule has 0 unspecified atom stereocenters. The zero-order chi connectivity index (χ0) is 21.1. The molecule has 3 aromatic rings. The number of rotatable bonds is 5. The summed E-state index contributed by atoms with van der Waals surface area (Å²) in [5.74, 6) is 1.30. The predicted octanol–water partition coefficient (Wildman–Crippen LogP) is 3.19. The van der Waals surface area contributed by atoms with Crippen molar-refractivity contribution in [2.75, 3.05) is 30.8 Å². The van der Waals surface area contributed by atoms with Crippen LogP contribution in [0.4, 0.5) is 11.6 Å². The number of carbonyl (C=O) groups excluding carboxylic acids is 1. The molecule has 0 saturated carbocycles. The second-order valence-electron chi connectivity index (χ2n) is 8.11. The molecule has 4 rings (SSSR count). The Balaban J connectivity index is 1.55. The van der Waals surface area contributed by atoms with E-state index in [0.717, 1.165) is 42.5 Å².